The molecule has 1 saturated carbocycles. The Morgan fingerprint density at radius 1 is 1.30 bits per heavy atom. The molecule has 20 heavy (non-hydrogen) atoms. The summed E-state index contributed by atoms with van der Waals surface area (Å²) in [4.78, 5) is 12.4. The summed E-state index contributed by atoms with van der Waals surface area (Å²) < 4.78 is 0. The maximum Gasteiger partial charge on any atom is 0.240 e. The second kappa shape index (κ2) is 4.83. The topological polar surface area (TPSA) is 79.1 Å². The van der Waals surface area contributed by atoms with Crippen molar-refractivity contribution in [3.63, 3.8) is 0 Å². The molecule has 1 unspecified atom stereocenters. The number of nitrogens with one attached hydrogen (secondary N) is 2. The van der Waals surface area contributed by atoms with Gasteiger partial charge in [-0.1, -0.05) is 0 Å². The van der Waals surface area contributed by atoms with Crippen LogP contribution in [0.4, 0.5) is 11.8 Å². The Hall–Kier alpha value is -1.44. The van der Waals surface area contributed by atoms with Crippen molar-refractivity contribution in [2.24, 2.45) is 5.84 Å². The zero-order valence-electron chi connectivity index (χ0n) is 11.2. The van der Waals surface area contributed by atoms with Gasteiger partial charge in [-0.25, -0.2) is 10.8 Å². The average Bonchev–Trinajstić information content (AvgIpc) is 3.02. The SMILES string of the molecule is NNc1nc(NC2CCN(C3CC3)C2)c2ccsc2n1. The molecule has 2 aromatic rings. The van der Waals surface area contributed by atoms with Crippen LogP contribution in [0.15, 0.2) is 11.4 Å². The molecule has 1 atom stereocenters. The molecule has 7 heteroatoms. The van der Waals surface area contributed by atoms with E-state index in [1.54, 1.807) is 11.3 Å². The lowest BCUT2D eigenvalue weighted by molar-refractivity contribution is 0.326. The number of aromatic nitrogens is 2. The zero-order chi connectivity index (χ0) is 13.5. The molecule has 3 heterocycles. The molecule has 0 radical (unpaired) electrons. The average molecular weight is 290 g/mol. The summed E-state index contributed by atoms with van der Waals surface area (Å²) in [5.74, 6) is 6.82. The fraction of sp³-hybridized carbons (Fsp3) is 0.538. The van der Waals surface area contributed by atoms with Crippen LogP contribution in [0.25, 0.3) is 10.2 Å². The lowest BCUT2D eigenvalue weighted by Gasteiger charge is -2.17. The van der Waals surface area contributed by atoms with Crippen LogP contribution in [0.1, 0.15) is 19.3 Å². The lowest BCUT2D eigenvalue weighted by atomic mass is 10.2. The first-order valence-electron chi connectivity index (χ1n) is 7.06. The third kappa shape index (κ3) is 2.21. The smallest absolute Gasteiger partial charge is 0.240 e. The minimum atomic E-state index is 0.472. The molecule has 1 aliphatic heterocycles. The molecule has 0 bridgehead atoms. The quantitative estimate of drug-likeness (QED) is 0.587. The van der Waals surface area contributed by atoms with Gasteiger partial charge in [-0.3, -0.25) is 10.3 Å². The van der Waals surface area contributed by atoms with Gasteiger partial charge in [0.1, 0.15) is 10.6 Å². The van der Waals surface area contributed by atoms with E-state index in [2.05, 4.69) is 31.7 Å². The van der Waals surface area contributed by atoms with E-state index in [0.717, 1.165) is 28.6 Å². The standard InChI is InChI=1S/C13H18N6S/c14-18-13-16-11(10-4-6-20-12(10)17-13)15-8-3-5-19(7-8)9-1-2-9/h4,6,8-9H,1-3,5,7,14H2,(H2,15,16,17,18). The molecular weight excluding hydrogens is 272 g/mol. The van der Waals surface area contributed by atoms with Gasteiger partial charge in [-0.15, -0.1) is 11.3 Å². The predicted molar refractivity (Wildman–Crippen MR) is 81.8 cm³/mol. The van der Waals surface area contributed by atoms with Crippen molar-refractivity contribution in [2.75, 3.05) is 23.8 Å². The minimum Gasteiger partial charge on any atom is -0.365 e. The van der Waals surface area contributed by atoms with Crippen LogP contribution in [0.2, 0.25) is 0 Å². The van der Waals surface area contributed by atoms with Crippen molar-refractivity contribution in [3.05, 3.63) is 11.4 Å². The summed E-state index contributed by atoms with van der Waals surface area (Å²) in [6, 6.07) is 3.38. The Morgan fingerprint density at radius 3 is 3.00 bits per heavy atom. The second-order valence-corrected chi connectivity index (χ2v) is 6.43. The molecule has 106 valence electrons. The maximum absolute atomic E-state index is 5.45. The van der Waals surface area contributed by atoms with Gasteiger partial charge in [-0.05, 0) is 30.7 Å². The third-order valence-corrected chi connectivity index (χ3v) is 4.88. The molecule has 4 rings (SSSR count). The highest BCUT2D eigenvalue weighted by atomic mass is 32.1. The number of likely N-dealkylation sites (tertiary alicyclic amines) is 1. The van der Waals surface area contributed by atoms with Crippen molar-refractivity contribution >= 4 is 33.3 Å². The fourth-order valence-corrected chi connectivity index (χ4v) is 3.66. The number of fused-ring (bicyclic) bond motifs is 1. The Bertz CT molecular complexity index is 622. The van der Waals surface area contributed by atoms with Gasteiger partial charge < -0.3 is 5.32 Å². The van der Waals surface area contributed by atoms with Gasteiger partial charge in [0.25, 0.3) is 0 Å². The van der Waals surface area contributed by atoms with Gasteiger partial charge in [0.2, 0.25) is 5.95 Å². The Labute approximate surface area is 121 Å². The minimum absolute atomic E-state index is 0.472. The van der Waals surface area contributed by atoms with Gasteiger partial charge in [0.05, 0.1) is 5.39 Å². The summed E-state index contributed by atoms with van der Waals surface area (Å²) in [5, 5.41) is 6.70. The Morgan fingerprint density at radius 2 is 2.20 bits per heavy atom. The summed E-state index contributed by atoms with van der Waals surface area (Å²) in [6.45, 7) is 2.31. The molecule has 1 saturated heterocycles. The Balaban J connectivity index is 1.56. The molecule has 0 spiro atoms. The van der Waals surface area contributed by atoms with Gasteiger partial charge >= 0.3 is 0 Å². The molecule has 6 nitrogen and oxygen atoms in total. The van der Waals surface area contributed by atoms with Crippen LogP contribution in [0.5, 0.6) is 0 Å². The number of hydrogen-bond acceptors (Lipinski definition) is 7. The molecule has 2 fully saturated rings. The van der Waals surface area contributed by atoms with E-state index in [-0.39, 0.29) is 0 Å². The summed E-state index contributed by atoms with van der Waals surface area (Å²) in [7, 11) is 0. The number of nitrogens with zero attached hydrogens (tertiary/aromatic N) is 3. The first-order chi connectivity index (χ1) is 9.83. The molecule has 0 amide bonds. The van der Waals surface area contributed by atoms with E-state index < -0.39 is 0 Å². The molecule has 1 aliphatic carbocycles. The van der Waals surface area contributed by atoms with Crippen molar-refractivity contribution in [1.29, 1.82) is 0 Å². The number of rotatable bonds is 4. The van der Waals surface area contributed by atoms with E-state index >= 15 is 0 Å². The number of hydrogen-bond donors (Lipinski definition) is 3. The van der Waals surface area contributed by atoms with Crippen LogP contribution in [0.3, 0.4) is 0 Å². The first kappa shape index (κ1) is 12.3. The zero-order valence-corrected chi connectivity index (χ0v) is 12.0. The van der Waals surface area contributed by atoms with Crippen molar-refractivity contribution < 1.29 is 0 Å². The number of nitrogens with two attached hydrogens (primary N) is 1. The summed E-state index contributed by atoms with van der Waals surface area (Å²) in [6.07, 6.45) is 3.92. The highest BCUT2D eigenvalue weighted by Gasteiger charge is 2.34. The van der Waals surface area contributed by atoms with E-state index in [9.17, 15) is 0 Å². The number of nitrogen functional groups attached to an aromatic ring is 1. The maximum atomic E-state index is 5.45. The number of thiophene rings is 1. The van der Waals surface area contributed by atoms with E-state index in [1.165, 1.54) is 25.8 Å². The van der Waals surface area contributed by atoms with Crippen molar-refractivity contribution in [3.8, 4) is 0 Å². The first-order valence-corrected chi connectivity index (χ1v) is 7.94. The van der Waals surface area contributed by atoms with Crippen LogP contribution >= 0.6 is 11.3 Å². The van der Waals surface area contributed by atoms with Crippen LogP contribution < -0.4 is 16.6 Å². The molecule has 0 aromatic carbocycles. The monoisotopic (exact) mass is 290 g/mol. The van der Waals surface area contributed by atoms with Gasteiger partial charge in [0.15, 0.2) is 0 Å². The molecule has 4 N–H and O–H groups in total. The third-order valence-electron chi connectivity index (χ3n) is 4.08. The highest BCUT2D eigenvalue weighted by molar-refractivity contribution is 7.16. The van der Waals surface area contributed by atoms with Gasteiger partial charge in [0, 0.05) is 25.2 Å². The lowest BCUT2D eigenvalue weighted by Crippen LogP contribution is -2.28. The summed E-state index contributed by atoms with van der Waals surface area (Å²) >= 11 is 1.61. The highest BCUT2D eigenvalue weighted by Crippen LogP contribution is 2.32. The van der Waals surface area contributed by atoms with Crippen LogP contribution in [0, 0.1) is 0 Å². The second-order valence-electron chi connectivity index (χ2n) is 5.54. The largest absolute Gasteiger partial charge is 0.365 e. The number of hydrazine groups is 1. The number of anilines is 2. The molecule has 2 aliphatic rings. The van der Waals surface area contributed by atoms with Crippen molar-refractivity contribution in [1.82, 2.24) is 14.9 Å². The van der Waals surface area contributed by atoms with Gasteiger partial charge in [-0.2, -0.15) is 4.98 Å². The van der Waals surface area contributed by atoms with E-state index in [1.807, 2.05) is 5.38 Å². The molecular formula is C13H18N6S. The normalized spacial score (nSPS) is 23.4. The van der Waals surface area contributed by atoms with Crippen LogP contribution in [-0.2, 0) is 0 Å². The fourth-order valence-electron chi connectivity index (χ4n) is 2.90. The summed E-state index contributed by atoms with van der Waals surface area (Å²) in [5.41, 5.74) is 2.55. The van der Waals surface area contributed by atoms with Crippen molar-refractivity contribution in [2.45, 2.75) is 31.3 Å². The van der Waals surface area contributed by atoms with E-state index in [4.69, 9.17) is 5.84 Å². The Kier molecular flexibility index (Phi) is 2.98. The van der Waals surface area contributed by atoms with E-state index in [0.29, 0.717) is 12.0 Å². The van der Waals surface area contributed by atoms with Crippen LogP contribution in [-0.4, -0.2) is 40.0 Å². The molecule has 2 aromatic heterocycles. The predicted octanol–water partition coefficient (Wildman–Crippen LogP) is 1.63.